The summed E-state index contributed by atoms with van der Waals surface area (Å²) in [6.07, 6.45) is 0. The van der Waals surface area contributed by atoms with Gasteiger partial charge < -0.3 is 10.1 Å². The van der Waals surface area contributed by atoms with Crippen LogP contribution < -0.4 is 5.32 Å². The maximum atomic E-state index is 12.4. The molecular weight excluding hydrogens is 402 g/mol. The Morgan fingerprint density at radius 2 is 1.63 bits per heavy atom. The molecule has 0 bridgehead atoms. The van der Waals surface area contributed by atoms with E-state index in [-0.39, 0.29) is 23.9 Å². The lowest BCUT2D eigenvalue weighted by atomic mass is 10.0. The number of nitrogens with one attached hydrogen (secondary N) is 1. The van der Waals surface area contributed by atoms with Crippen LogP contribution in [0.5, 0.6) is 0 Å². The molecule has 0 fully saturated rings. The van der Waals surface area contributed by atoms with Crippen molar-refractivity contribution >= 4 is 34.9 Å². The molecule has 1 N–H and O–H groups in total. The van der Waals surface area contributed by atoms with Gasteiger partial charge in [-0.3, -0.25) is 9.59 Å². The fraction of sp³-hybridized carbons (Fsp3) is 0.125. The van der Waals surface area contributed by atoms with Gasteiger partial charge in [0, 0.05) is 21.8 Å². The van der Waals surface area contributed by atoms with Crippen LogP contribution in [-0.2, 0) is 4.74 Å². The lowest BCUT2D eigenvalue weighted by molar-refractivity contribution is 0.0474. The van der Waals surface area contributed by atoms with E-state index in [1.165, 1.54) is 6.07 Å². The molecule has 30 heavy (non-hydrogen) atoms. The summed E-state index contributed by atoms with van der Waals surface area (Å²) >= 11 is 5.83. The van der Waals surface area contributed by atoms with Gasteiger partial charge in [-0.1, -0.05) is 35.4 Å². The molecule has 5 nitrogen and oxygen atoms in total. The lowest BCUT2D eigenvalue weighted by Gasteiger charge is -2.09. The molecule has 0 aromatic heterocycles. The highest BCUT2D eigenvalue weighted by atomic mass is 35.5. The molecule has 3 aromatic carbocycles. The quantitative estimate of drug-likeness (QED) is 0.436. The first-order valence-electron chi connectivity index (χ1n) is 9.28. The van der Waals surface area contributed by atoms with Gasteiger partial charge in [-0.05, 0) is 67.9 Å². The van der Waals surface area contributed by atoms with Gasteiger partial charge in [-0.25, -0.2) is 4.79 Å². The Morgan fingerprint density at radius 3 is 2.37 bits per heavy atom. The van der Waals surface area contributed by atoms with Crippen molar-refractivity contribution in [3.05, 3.63) is 99.6 Å². The third kappa shape index (κ3) is 5.33. The summed E-state index contributed by atoms with van der Waals surface area (Å²) in [7, 11) is 0. The van der Waals surface area contributed by atoms with Crippen molar-refractivity contribution in [1.29, 1.82) is 0 Å². The van der Waals surface area contributed by atoms with Crippen LogP contribution in [0.3, 0.4) is 0 Å². The minimum atomic E-state index is -0.642. The van der Waals surface area contributed by atoms with E-state index in [4.69, 9.17) is 16.3 Å². The van der Waals surface area contributed by atoms with Crippen LogP contribution in [0.25, 0.3) is 0 Å². The molecule has 0 spiro atoms. The van der Waals surface area contributed by atoms with E-state index in [0.29, 0.717) is 21.8 Å². The number of hydrogen-bond donors (Lipinski definition) is 1. The number of carbonyl (C=O) groups is 3. The normalized spacial score (nSPS) is 10.4. The average Bonchev–Trinajstić information content (AvgIpc) is 2.74. The van der Waals surface area contributed by atoms with Crippen LogP contribution in [0, 0.1) is 13.8 Å². The number of amides is 1. The Hall–Kier alpha value is -3.44. The van der Waals surface area contributed by atoms with Crippen LogP contribution in [-0.4, -0.2) is 24.3 Å². The molecule has 0 aliphatic carbocycles. The molecule has 0 radical (unpaired) electrons. The number of esters is 1. The van der Waals surface area contributed by atoms with Gasteiger partial charge in [-0.15, -0.1) is 0 Å². The molecule has 3 rings (SSSR count). The second kappa shape index (κ2) is 9.37. The van der Waals surface area contributed by atoms with Crippen molar-refractivity contribution in [2.75, 3.05) is 11.9 Å². The number of halogens is 1. The van der Waals surface area contributed by atoms with E-state index in [9.17, 15) is 14.4 Å². The van der Waals surface area contributed by atoms with Crippen molar-refractivity contribution in [3.8, 4) is 0 Å². The molecular formula is C24H20ClNO4. The molecule has 6 heteroatoms. The maximum absolute atomic E-state index is 12.4. The van der Waals surface area contributed by atoms with Gasteiger partial charge in [0.05, 0.1) is 5.56 Å². The zero-order chi connectivity index (χ0) is 21.7. The number of ketones is 1. The number of carbonyl (C=O) groups excluding carboxylic acids is 3. The molecule has 1 amide bonds. The first-order chi connectivity index (χ1) is 14.3. The Kier molecular flexibility index (Phi) is 6.65. The van der Waals surface area contributed by atoms with Gasteiger partial charge in [0.1, 0.15) is 0 Å². The second-order valence-corrected chi connectivity index (χ2v) is 7.30. The zero-order valence-corrected chi connectivity index (χ0v) is 17.3. The number of anilines is 1. The SMILES string of the molecule is Cc1ccc(C)c(C(=O)COC(=O)c2cccc(NC(=O)c3ccc(Cl)cc3)c2)c1. The number of rotatable bonds is 6. The number of benzene rings is 3. The van der Waals surface area contributed by atoms with Crippen molar-refractivity contribution in [2.24, 2.45) is 0 Å². The summed E-state index contributed by atoms with van der Waals surface area (Å²) in [5, 5.41) is 3.25. The Morgan fingerprint density at radius 1 is 0.900 bits per heavy atom. The van der Waals surface area contributed by atoms with Crippen molar-refractivity contribution in [3.63, 3.8) is 0 Å². The smallest absolute Gasteiger partial charge is 0.338 e. The van der Waals surface area contributed by atoms with Crippen molar-refractivity contribution in [1.82, 2.24) is 0 Å². The maximum Gasteiger partial charge on any atom is 0.338 e. The first kappa shape index (κ1) is 21.3. The summed E-state index contributed by atoms with van der Waals surface area (Å²) in [4.78, 5) is 37.1. The van der Waals surface area contributed by atoms with E-state index in [1.807, 2.05) is 26.0 Å². The van der Waals surface area contributed by atoms with Crippen LogP contribution in [0.15, 0.2) is 66.7 Å². The number of ether oxygens (including phenoxy) is 1. The Labute approximate surface area is 179 Å². The highest BCUT2D eigenvalue weighted by molar-refractivity contribution is 6.30. The summed E-state index contributed by atoms with van der Waals surface area (Å²) in [6, 6.07) is 18.4. The fourth-order valence-corrected chi connectivity index (χ4v) is 2.98. The number of aryl methyl sites for hydroxylation is 2. The minimum Gasteiger partial charge on any atom is -0.454 e. The van der Waals surface area contributed by atoms with Crippen LogP contribution in [0.2, 0.25) is 5.02 Å². The standard InChI is InChI=1S/C24H20ClNO4/c1-15-6-7-16(2)21(12-15)22(27)14-30-24(29)18-4-3-5-20(13-18)26-23(28)17-8-10-19(25)11-9-17/h3-13H,14H2,1-2H3,(H,26,28). The van der Waals surface area contributed by atoms with Crippen molar-refractivity contribution < 1.29 is 19.1 Å². The molecule has 0 atom stereocenters. The molecule has 0 saturated carbocycles. The van der Waals surface area contributed by atoms with E-state index in [1.54, 1.807) is 48.5 Å². The predicted octanol–water partition coefficient (Wildman–Crippen LogP) is 5.25. The summed E-state index contributed by atoms with van der Waals surface area (Å²) in [6.45, 7) is 3.37. The highest BCUT2D eigenvalue weighted by Gasteiger charge is 2.15. The molecule has 0 aliphatic heterocycles. The molecule has 3 aromatic rings. The molecule has 0 unspecified atom stereocenters. The first-order valence-corrected chi connectivity index (χ1v) is 9.66. The number of hydrogen-bond acceptors (Lipinski definition) is 4. The third-order valence-electron chi connectivity index (χ3n) is 4.49. The van der Waals surface area contributed by atoms with Crippen molar-refractivity contribution in [2.45, 2.75) is 13.8 Å². The average molecular weight is 422 g/mol. The monoisotopic (exact) mass is 421 g/mol. The summed E-state index contributed by atoms with van der Waals surface area (Å²) in [5.41, 5.74) is 3.43. The molecule has 0 saturated heterocycles. The van der Waals surface area contributed by atoms with Gasteiger partial charge in [0.25, 0.3) is 5.91 Å². The third-order valence-corrected chi connectivity index (χ3v) is 4.74. The van der Waals surface area contributed by atoms with Gasteiger partial charge in [0.15, 0.2) is 6.61 Å². The molecule has 152 valence electrons. The molecule has 0 heterocycles. The zero-order valence-electron chi connectivity index (χ0n) is 16.6. The van der Waals surface area contributed by atoms with Gasteiger partial charge >= 0.3 is 5.97 Å². The largest absolute Gasteiger partial charge is 0.454 e. The van der Waals surface area contributed by atoms with E-state index >= 15 is 0 Å². The topological polar surface area (TPSA) is 72.5 Å². The lowest BCUT2D eigenvalue weighted by Crippen LogP contribution is -2.16. The van der Waals surface area contributed by atoms with Crippen LogP contribution in [0.1, 0.15) is 42.2 Å². The fourth-order valence-electron chi connectivity index (χ4n) is 2.86. The number of Topliss-reactive ketones (excluding diaryl/α,β-unsaturated/α-hetero) is 1. The summed E-state index contributed by atoms with van der Waals surface area (Å²) < 4.78 is 5.18. The Balaban J connectivity index is 1.64. The van der Waals surface area contributed by atoms with Crippen LogP contribution >= 0.6 is 11.6 Å². The molecule has 0 aliphatic rings. The van der Waals surface area contributed by atoms with Gasteiger partial charge in [0.2, 0.25) is 5.78 Å². The van der Waals surface area contributed by atoms with Crippen LogP contribution in [0.4, 0.5) is 5.69 Å². The predicted molar refractivity (Wildman–Crippen MR) is 116 cm³/mol. The van der Waals surface area contributed by atoms with E-state index < -0.39 is 5.97 Å². The minimum absolute atomic E-state index is 0.234. The second-order valence-electron chi connectivity index (χ2n) is 6.86. The highest BCUT2D eigenvalue weighted by Crippen LogP contribution is 2.16. The Bertz CT molecular complexity index is 1110. The van der Waals surface area contributed by atoms with E-state index in [0.717, 1.165) is 11.1 Å². The van der Waals surface area contributed by atoms with Gasteiger partial charge in [-0.2, -0.15) is 0 Å². The van der Waals surface area contributed by atoms with E-state index in [2.05, 4.69) is 5.32 Å². The summed E-state index contributed by atoms with van der Waals surface area (Å²) in [5.74, 6) is -1.24.